The van der Waals surface area contributed by atoms with Gasteiger partial charge >= 0.3 is 18.1 Å². The number of ether oxygens (including phenoxy) is 2. The first kappa shape index (κ1) is 22.5. The molecule has 1 heterocycles. The Kier molecular flexibility index (Phi) is 6.77. The van der Waals surface area contributed by atoms with Crippen LogP contribution in [0.25, 0.3) is 10.9 Å². The average molecular weight is 411 g/mol. The zero-order chi connectivity index (χ0) is 21.9. The molecule has 5 nitrogen and oxygen atoms in total. The van der Waals surface area contributed by atoms with Crippen LogP contribution in [0, 0.1) is 5.92 Å². The molecule has 0 fully saturated rings. The number of para-hydroxylation sites is 1. The first-order chi connectivity index (χ1) is 13.5. The normalized spacial score (nSPS) is 12.7. The minimum absolute atomic E-state index is 0.0592. The summed E-state index contributed by atoms with van der Waals surface area (Å²) in [4.78, 5) is 24.3. The van der Waals surface area contributed by atoms with Crippen molar-refractivity contribution in [2.45, 2.75) is 32.4 Å². The Morgan fingerprint density at radius 3 is 2.10 bits per heavy atom. The predicted molar refractivity (Wildman–Crippen MR) is 102 cm³/mol. The molecule has 0 saturated carbocycles. The molecule has 1 aromatic heterocycles. The van der Waals surface area contributed by atoms with Crippen LogP contribution < -0.4 is 0 Å². The quantitative estimate of drug-likeness (QED) is 0.399. The van der Waals surface area contributed by atoms with Gasteiger partial charge in [-0.25, -0.2) is 0 Å². The summed E-state index contributed by atoms with van der Waals surface area (Å²) in [7, 11) is 3.89. The first-order valence-electron chi connectivity index (χ1n) is 8.97. The van der Waals surface area contributed by atoms with Crippen molar-refractivity contribution in [3.8, 4) is 0 Å². The van der Waals surface area contributed by atoms with Crippen molar-refractivity contribution in [3.05, 3.63) is 47.2 Å². The van der Waals surface area contributed by atoms with Crippen LogP contribution in [0.2, 0.25) is 0 Å². The van der Waals surface area contributed by atoms with Crippen LogP contribution in [0.15, 0.2) is 41.6 Å². The Labute approximate surface area is 167 Å². The maximum absolute atomic E-state index is 14.0. The van der Waals surface area contributed by atoms with Crippen molar-refractivity contribution in [3.63, 3.8) is 0 Å². The Morgan fingerprint density at radius 1 is 1.07 bits per heavy atom. The number of carbonyl (C=O) groups excluding carboxylic acids is 2. The van der Waals surface area contributed by atoms with Crippen LogP contribution in [-0.2, 0) is 26.1 Å². The highest BCUT2D eigenvalue weighted by molar-refractivity contribution is 5.95. The fourth-order valence-electron chi connectivity index (χ4n) is 3.69. The molecule has 0 aliphatic carbocycles. The lowest BCUT2D eigenvalue weighted by molar-refractivity contribution is -0.159. The summed E-state index contributed by atoms with van der Waals surface area (Å²) >= 11 is 0. The van der Waals surface area contributed by atoms with Crippen LogP contribution in [0.3, 0.4) is 0 Å². The van der Waals surface area contributed by atoms with Crippen molar-refractivity contribution >= 4 is 22.8 Å². The maximum atomic E-state index is 14.0. The van der Waals surface area contributed by atoms with Crippen LogP contribution >= 0.6 is 0 Å². The summed E-state index contributed by atoms with van der Waals surface area (Å²) in [5.41, 5.74) is 0.403. The standard InChI is InChI=1S/C21H24F3NO4/c1-12(2)18(21(22,23)24)14(10-15(19(26)28-4)20(27)29-5)16-11-25(3)17-9-7-6-8-13(16)17/h6-9,11,14-15H,10H2,1-5H3/t14-/m0/s1. The highest BCUT2D eigenvalue weighted by Crippen LogP contribution is 2.45. The van der Waals surface area contributed by atoms with Gasteiger partial charge in [0, 0.05) is 35.6 Å². The van der Waals surface area contributed by atoms with Crippen LogP contribution in [0.1, 0.15) is 31.7 Å². The number of aromatic nitrogens is 1. The number of hydrogen-bond donors (Lipinski definition) is 0. The predicted octanol–water partition coefficient (Wildman–Crippen LogP) is 4.51. The summed E-state index contributed by atoms with van der Waals surface area (Å²) in [5, 5.41) is 0.622. The van der Waals surface area contributed by atoms with Gasteiger partial charge in [0.1, 0.15) is 0 Å². The molecular weight excluding hydrogens is 387 g/mol. The van der Waals surface area contributed by atoms with Crippen molar-refractivity contribution < 1.29 is 32.2 Å². The zero-order valence-electron chi connectivity index (χ0n) is 17.0. The Morgan fingerprint density at radius 2 is 1.62 bits per heavy atom. The third-order valence-corrected chi connectivity index (χ3v) is 4.94. The van der Waals surface area contributed by atoms with E-state index in [0.29, 0.717) is 10.9 Å². The van der Waals surface area contributed by atoms with Crippen molar-refractivity contribution in [2.24, 2.45) is 13.0 Å². The minimum atomic E-state index is -4.64. The van der Waals surface area contributed by atoms with E-state index in [1.165, 1.54) is 13.8 Å². The highest BCUT2D eigenvalue weighted by atomic mass is 19.4. The largest absolute Gasteiger partial charge is 0.468 e. The summed E-state index contributed by atoms with van der Waals surface area (Å²) in [6.07, 6.45) is -3.46. The highest BCUT2D eigenvalue weighted by Gasteiger charge is 2.44. The lowest BCUT2D eigenvalue weighted by Gasteiger charge is -2.26. The van der Waals surface area contributed by atoms with Gasteiger partial charge in [0.15, 0.2) is 5.92 Å². The summed E-state index contributed by atoms with van der Waals surface area (Å²) in [6.45, 7) is 2.73. The monoisotopic (exact) mass is 411 g/mol. The summed E-state index contributed by atoms with van der Waals surface area (Å²) in [5.74, 6) is -4.60. The van der Waals surface area contributed by atoms with Gasteiger partial charge in [0.25, 0.3) is 0 Å². The molecular formula is C21H24F3NO4. The van der Waals surface area contributed by atoms with Crippen LogP contribution in [0.4, 0.5) is 13.2 Å². The number of halogens is 3. The first-order valence-corrected chi connectivity index (χ1v) is 8.97. The van der Waals surface area contributed by atoms with E-state index in [9.17, 15) is 22.8 Å². The number of benzene rings is 1. The zero-order valence-corrected chi connectivity index (χ0v) is 17.0. The second kappa shape index (κ2) is 8.71. The molecule has 0 amide bonds. The average Bonchev–Trinajstić information content (AvgIpc) is 2.99. The maximum Gasteiger partial charge on any atom is 0.413 e. The van der Waals surface area contributed by atoms with E-state index in [1.54, 1.807) is 42.1 Å². The fraction of sp³-hybridized carbons (Fsp3) is 0.429. The molecule has 1 aromatic carbocycles. The molecule has 158 valence electrons. The molecule has 2 aromatic rings. The SMILES string of the molecule is COC(=O)C(C[C@H](C(=C(C)C)C(F)(F)F)c1cn(C)c2ccccc12)C(=O)OC. The minimum Gasteiger partial charge on any atom is -0.468 e. The number of aryl methyl sites for hydroxylation is 1. The van der Waals surface area contributed by atoms with E-state index >= 15 is 0 Å². The Bertz CT molecular complexity index is 923. The topological polar surface area (TPSA) is 57.5 Å². The number of hydrogen-bond acceptors (Lipinski definition) is 4. The molecule has 1 atom stereocenters. The summed E-state index contributed by atoms with van der Waals surface area (Å²) < 4.78 is 53.1. The van der Waals surface area contributed by atoms with Gasteiger partial charge in [0.2, 0.25) is 0 Å². The van der Waals surface area contributed by atoms with Crippen molar-refractivity contribution in [1.29, 1.82) is 0 Å². The van der Waals surface area contributed by atoms with Crippen LogP contribution in [0.5, 0.6) is 0 Å². The van der Waals surface area contributed by atoms with E-state index in [-0.39, 0.29) is 5.57 Å². The van der Waals surface area contributed by atoms with Crippen LogP contribution in [-0.4, -0.2) is 36.9 Å². The van der Waals surface area contributed by atoms with Crippen molar-refractivity contribution in [1.82, 2.24) is 4.57 Å². The molecule has 2 rings (SSSR count). The number of fused-ring (bicyclic) bond motifs is 1. The van der Waals surface area contributed by atoms with Gasteiger partial charge in [-0.15, -0.1) is 0 Å². The van der Waals surface area contributed by atoms with Gasteiger partial charge in [0.05, 0.1) is 14.2 Å². The van der Waals surface area contributed by atoms with Gasteiger partial charge in [-0.3, -0.25) is 9.59 Å². The Balaban J connectivity index is 2.74. The second-order valence-electron chi connectivity index (χ2n) is 7.01. The van der Waals surface area contributed by atoms with Gasteiger partial charge in [-0.1, -0.05) is 23.8 Å². The van der Waals surface area contributed by atoms with E-state index in [2.05, 4.69) is 9.47 Å². The Hall–Kier alpha value is -2.77. The third kappa shape index (κ3) is 4.63. The number of rotatable bonds is 6. The van der Waals surface area contributed by atoms with Gasteiger partial charge < -0.3 is 14.0 Å². The number of methoxy groups -OCH3 is 2. The number of allylic oxidation sites excluding steroid dienone is 2. The van der Waals surface area contributed by atoms with Crippen molar-refractivity contribution in [2.75, 3.05) is 14.2 Å². The summed E-state index contributed by atoms with van der Waals surface area (Å²) in [6, 6.07) is 7.04. The fourth-order valence-corrected chi connectivity index (χ4v) is 3.69. The van der Waals surface area contributed by atoms with Gasteiger partial charge in [-0.05, 0) is 31.9 Å². The number of carbonyl (C=O) groups is 2. The number of nitrogens with zero attached hydrogens (tertiary/aromatic N) is 1. The third-order valence-electron chi connectivity index (χ3n) is 4.94. The molecule has 0 aliphatic heterocycles. The number of esters is 2. The molecule has 0 spiro atoms. The molecule has 29 heavy (non-hydrogen) atoms. The van der Waals surface area contributed by atoms with Gasteiger partial charge in [-0.2, -0.15) is 13.2 Å². The molecule has 8 heteroatoms. The molecule has 0 saturated heterocycles. The molecule has 0 N–H and O–H groups in total. The lowest BCUT2D eigenvalue weighted by atomic mass is 9.81. The van der Waals surface area contributed by atoms with E-state index in [0.717, 1.165) is 19.7 Å². The molecule has 0 unspecified atom stereocenters. The van der Waals surface area contributed by atoms with E-state index in [1.807, 2.05) is 0 Å². The number of alkyl halides is 3. The molecule has 0 radical (unpaired) electrons. The molecule has 0 aliphatic rings. The smallest absolute Gasteiger partial charge is 0.413 e. The van der Waals surface area contributed by atoms with E-state index in [4.69, 9.17) is 0 Å². The second-order valence-corrected chi connectivity index (χ2v) is 7.01. The van der Waals surface area contributed by atoms with E-state index < -0.39 is 41.9 Å². The lowest BCUT2D eigenvalue weighted by Crippen LogP contribution is -2.31. The molecule has 0 bridgehead atoms.